The molecule has 0 unspecified atom stereocenters. The first-order valence-corrected chi connectivity index (χ1v) is 8.96. The number of hydrogen-bond donors (Lipinski definition) is 2. The lowest BCUT2D eigenvalue weighted by Gasteiger charge is -2.09. The molecule has 0 radical (unpaired) electrons. The van der Waals surface area contributed by atoms with E-state index in [-0.39, 0.29) is 11.8 Å². The van der Waals surface area contributed by atoms with Crippen LogP contribution >= 0.6 is 0 Å². The Morgan fingerprint density at radius 3 is 1.82 bits per heavy atom. The predicted octanol–water partition coefficient (Wildman–Crippen LogP) is 5.34. The smallest absolute Gasteiger partial charge is 0.255 e. The van der Waals surface area contributed by atoms with Crippen LogP contribution in [0.5, 0.6) is 0 Å². The molecule has 136 valence electrons. The Morgan fingerprint density at radius 2 is 1.11 bits per heavy atom. The van der Waals surface area contributed by atoms with Gasteiger partial charge in [-0.3, -0.25) is 9.59 Å². The zero-order chi connectivity index (χ0) is 19.3. The Balaban J connectivity index is 1.49. The Morgan fingerprint density at radius 1 is 0.500 bits per heavy atom. The van der Waals surface area contributed by atoms with Gasteiger partial charge < -0.3 is 10.6 Å². The van der Waals surface area contributed by atoms with Gasteiger partial charge in [0.1, 0.15) is 0 Å². The Labute approximate surface area is 162 Å². The van der Waals surface area contributed by atoms with Crippen molar-refractivity contribution in [1.82, 2.24) is 0 Å². The summed E-state index contributed by atoms with van der Waals surface area (Å²) in [5.41, 5.74) is 2.39. The molecule has 0 aromatic heterocycles. The fourth-order valence-electron chi connectivity index (χ4n) is 3.00. The minimum atomic E-state index is -0.197. The number of carbonyl (C=O) groups is 2. The number of nitrogens with one attached hydrogen (secondary N) is 2. The van der Waals surface area contributed by atoms with E-state index in [1.807, 2.05) is 54.6 Å². The molecule has 0 aliphatic rings. The molecule has 0 saturated heterocycles. The second-order valence-corrected chi connectivity index (χ2v) is 6.42. The number of amides is 2. The normalized spacial score (nSPS) is 10.4. The van der Waals surface area contributed by atoms with Crippen molar-refractivity contribution >= 4 is 34.0 Å². The SMILES string of the molecule is O=C(Nc1cccc(NC(=O)c2ccc3ccccc3c2)c1)c1ccccc1. The highest BCUT2D eigenvalue weighted by atomic mass is 16.2. The minimum absolute atomic E-state index is 0.196. The molecule has 0 fully saturated rings. The molecular formula is C24H18N2O2. The Kier molecular flexibility index (Phi) is 4.85. The van der Waals surface area contributed by atoms with E-state index in [1.165, 1.54) is 0 Å². The summed E-state index contributed by atoms with van der Waals surface area (Å²) in [7, 11) is 0. The number of anilines is 2. The second-order valence-electron chi connectivity index (χ2n) is 6.42. The number of hydrogen-bond acceptors (Lipinski definition) is 2. The van der Waals surface area contributed by atoms with Gasteiger partial charge in [-0.2, -0.15) is 0 Å². The van der Waals surface area contributed by atoms with Crippen molar-refractivity contribution in [3.8, 4) is 0 Å². The predicted molar refractivity (Wildman–Crippen MR) is 113 cm³/mol. The lowest BCUT2D eigenvalue weighted by Crippen LogP contribution is -2.14. The number of rotatable bonds is 4. The van der Waals surface area contributed by atoms with Gasteiger partial charge in [0.25, 0.3) is 11.8 Å². The van der Waals surface area contributed by atoms with E-state index < -0.39 is 0 Å². The van der Waals surface area contributed by atoms with Gasteiger partial charge >= 0.3 is 0 Å². The Bertz CT molecular complexity index is 1150. The number of carbonyl (C=O) groups excluding carboxylic acids is 2. The quantitative estimate of drug-likeness (QED) is 0.512. The summed E-state index contributed by atoms with van der Waals surface area (Å²) in [4.78, 5) is 24.9. The first-order chi connectivity index (χ1) is 13.7. The summed E-state index contributed by atoms with van der Waals surface area (Å²) < 4.78 is 0. The third-order valence-corrected chi connectivity index (χ3v) is 4.43. The van der Waals surface area contributed by atoms with E-state index >= 15 is 0 Å². The van der Waals surface area contributed by atoms with Crippen LogP contribution in [0.15, 0.2) is 97.1 Å². The highest BCUT2D eigenvalue weighted by molar-refractivity contribution is 6.07. The maximum absolute atomic E-state index is 12.6. The molecule has 4 heteroatoms. The maximum Gasteiger partial charge on any atom is 0.255 e. The second kappa shape index (κ2) is 7.76. The molecule has 0 aliphatic carbocycles. The minimum Gasteiger partial charge on any atom is -0.322 e. The average molecular weight is 366 g/mol. The van der Waals surface area contributed by atoms with Crippen molar-refractivity contribution in [1.29, 1.82) is 0 Å². The molecule has 4 aromatic rings. The van der Waals surface area contributed by atoms with Crippen molar-refractivity contribution in [2.45, 2.75) is 0 Å². The summed E-state index contributed by atoms with van der Waals surface area (Å²) in [5.74, 6) is -0.393. The van der Waals surface area contributed by atoms with Crippen LogP contribution in [0.25, 0.3) is 10.8 Å². The molecular weight excluding hydrogens is 348 g/mol. The van der Waals surface area contributed by atoms with Gasteiger partial charge in [0.15, 0.2) is 0 Å². The molecule has 4 aromatic carbocycles. The van der Waals surface area contributed by atoms with Crippen LogP contribution in [0.2, 0.25) is 0 Å². The van der Waals surface area contributed by atoms with Gasteiger partial charge in [0.05, 0.1) is 0 Å². The van der Waals surface area contributed by atoms with Gasteiger partial charge in [0.2, 0.25) is 0 Å². The van der Waals surface area contributed by atoms with Gasteiger partial charge in [-0.25, -0.2) is 0 Å². The van der Waals surface area contributed by atoms with Gasteiger partial charge in [-0.05, 0) is 53.2 Å². The van der Waals surface area contributed by atoms with E-state index in [0.717, 1.165) is 10.8 Å². The first-order valence-electron chi connectivity index (χ1n) is 8.96. The van der Waals surface area contributed by atoms with E-state index in [1.54, 1.807) is 42.5 Å². The van der Waals surface area contributed by atoms with Gasteiger partial charge in [-0.1, -0.05) is 54.6 Å². The first kappa shape index (κ1) is 17.5. The topological polar surface area (TPSA) is 58.2 Å². The average Bonchev–Trinajstić information content (AvgIpc) is 2.74. The van der Waals surface area contributed by atoms with Crippen LogP contribution in [0.3, 0.4) is 0 Å². The van der Waals surface area contributed by atoms with Gasteiger partial charge in [0, 0.05) is 22.5 Å². The molecule has 2 amide bonds. The van der Waals surface area contributed by atoms with Crippen molar-refractivity contribution in [2.24, 2.45) is 0 Å². The van der Waals surface area contributed by atoms with Crippen molar-refractivity contribution in [3.63, 3.8) is 0 Å². The van der Waals surface area contributed by atoms with E-state index in [9.17, 15) is 9.59 Å². The number of fused-ring (bicyclic) bond motifs is 1. The monoisotopic (exact) mass is 366 g/mol. The van der Waals surface area contributed by atoms with Crippen molar-refractivity contribution in [2.75, 3.05) is 10.6 Å². The maximum atomic E-state index is 12.6. The van der Waals surface area contributed by atoms with Crippen LogP contribution < -0.4 is 10.6 Å². The van der Waals surface area contributed by atoms with Crippen LogP contribution in [0.4, 0.5) is 11.4 Å². The highest BCUT2D eigenvalue weighted by Gasteiger charge is 2.09. The summed E-state index contributed by atoms with van der Waals surface area (Å²) in [6.07, 6.45) is 0. The van der Waals surface area contributed by atoms with Crippen molar-refractivity contribution < 1.29 is 9.59 Å². The van der Waals surface area contributed by atoms with Crippen LogP contribution in [0, 0.1) is 0 Å². The molecule has 0 aliphatic heterocycles. The standard InChI is InChI=1S/C24H18N2O2/c27-23(18-8-2-1-3-9-18)25-21-11-6-12-22(16-21)26-24(28)20-14-13-17-7-4-5-10-19(17)15-20/h1-16H,(H,25,27)(H,26,28). The van der Waals surface area contributed by atoms with Crippen LogP contribution in [0.1, 0.15) is 20.7 Å². The fraction of sp³-hybridized carbons (Fsp3) is 0. The van der Waals surface area contributed by atoms with E-state index in [0.29, 0.717) is 22.5 Å². The molecule has 4 rings (SSSR count). The van der Waals surface area contributed by atoms with E-state index in [4.69, 9.17) is 0 Å². The van der Waals surface area contributed by atoms with Crippen molar-refractivity contribution in [3.05, 3.63) is 108 Å². The van der Waals surface area contributed by atoms with Crippen LogP contribution in [-0.4, -0.2) is 11.8 Å². The lowest BCUT2D eigenvalue weighted by molar-refractivity contribution is 0.101. The third-order valence-electron chi connectivity index (χ3n) is 4.43. The fourth-order valence-corrected chi connectivity index (χ4v) is 3.00. The molecule has 0 heterocycles. The summed E-state index contributed by atoms with van der Waals surface area (Å²) >= 11 is 0. The summed E-state index contributed by atoms with van der Waals surface area (Å²) in [6.45, 7) is 0. The molecule has 4 nitrogen and oxygen atoms in total. The largest absolute Gasteiger partial charge is 0.322 e. The Hall–Kier alpha value is -3.92. The lowest BCUT2D eigenvalue weighted by atomic mass is 10.1. The molecule has 2 N–H and O–H groups in total. The summed E-state index contributed by atoms with van der Waals surface area (Å²) in [6, 6.07) is 29.6. The van der Waals surface area contributed by atoms with Crippen LogP contribution in [-0.2, 0) is 0 Å². The van der Waals surface area contributed by atoms with E-state index in [2.05, 4.69) is 10.6 Å². The molecule has 28 heavy (non-hydrogen) atoms. The zero-order valence-corrected chi connectivity index (χ0v) is 15.1. The summed E-state index contributed by atoms with van der Waals surface area (Å²) in [5, 5.41) is 7.83. The zero-order valence-electron chi connectivity index (χ0n) is 15.1. The molecule has 0 atom stereocenters. The van der Waals surface area contributed by atoms with Gasteiger partial charge in [-0.15, -0.1) is 0 Å². The number of benzene rings is 4. The molecule has 0 bridgehead atoms. The third kappa shape index (κ3) is 3.91. The molecule has 0 saturated carbocycles. The highest BCUT2D eigenvalue weighted by Crippen LogP contribution is 2.19. The molecule has 0 spiro atoms.